The molecule has 0 aliphatic carbocycles. The summed E-state index contributed by atoms with van der Waals surface area (Å²) >= 11 is -3.45. The van der Waals surface area contributed by atoms with Gasteiger partial charge >= 0.3 is 133 Å². The van der Waals surface area contributed by atoms with E-state index < -0.39 is 14.3 Å². The summed E-state index contributed by atoms with van der Waals surface area (Å²) in [6.07, 6.45) is 0. The Balaban J connectivity index is 1.82. The van der Waals surface area contributed by atoms with Gasteiger partial charge in [-0.15, -0.1) is 0 Å². The van der Waals surface area contributed by atoms with E-state index in [2.05, 4.69) is 4.90 Å². The number of carbonyl (C=O) groups excluding carboxylic acids is 1. The summed E-state index contributed by atoms with van der Waals surface area (Å²) in [5.74, 6) is -0.312. The third-order valence-electron chi connectivity index (χ3n) is 3.85. The number of benzene rings is 1. The Morgan fingerprint density at radius 1 is 1.09 bits per heavy atom. The van der Waals surface area contributed by atoms with Crippen molar-refractivity contribution in [2.24, 2.45) is 0 Å². The zero-order valence-corrected chi connectivity index (χ0v) is 14.8. The molecule has 3 heterocycles. The summed E-state index contributed by atoms with van der Waals surface area (Å²) in [6.45, 7) is 6.79. The third kappa shape index (κ3) is 3.36. The normalized spacial score (nSPS) is 28.5. The first-order valence-electron chi connectivity index (χ1n) is 7.65. The number of hydrogen-bond acceptors (Lipinski definition) is 6. The van der Waals surface area contributed by atoms with Crippen LogP contribution in [-0.4, -0.2) is 71.2 Å². The topological polar surface area (TPSA) is 57.2 Å². The molecule has 6 nitrogen and oxygen atoms in total. The molecule has 1 aromatic carbocycles. The fourth-order valence-corrected chi connectivity index (χ4v) is 7.71. The van der Waals surface area contributed by atoms with Crippen LogP contribution in [0.1, 0.15) is 17.3 Å². The van der Waals surface area contributed by atoms with Gasteiger partial charge in [0.25, 0.3) is 0 Å². The van der Waals surface area contributed by atoms with Crippen molar-refractivity contribution in [3.8, 4) is 0 Å². The van der Waals surface area contributed by atoms with E-state index in [1.54, 1.807) is 19.1 Å². The van der Waals surface area contributed by atoms with E-state index in [1.165, 1.54) is 0 Å². The molecule has 7 heteroatoms. The first-order chi connectivity index (χ1) is 10.7. The summed E-state index contributed by atoms with van der Waals surface area (Å²) in [5, 5.41) is 0. The second kappa shape index (κ2) is 7.10. The Labute approximate surface area is 133 Å². The van der Waals surface area contributed by atoms with Crippen LogP contribution in [0.15, 0.2) is 24.3 Å². The van der Waals surface area contributed by atoms with Gasteiger partial charge in [-0.2, -0.15) is 0 Å². The van der Waals surface area contributed by atoms with Crippen molar-refractivity contribution in [1.82, 2.24) is 4.90 Å². The van der Waals surface area contributed by atoms with Gasteiger partial charge in [-0.1, -0.05) is 0 Å². The van der Waals surface area contributed by atoms with Gasteiger partial charge in [-0.05, 0) is 0 Å². The molecule has 0 aromatic heterocycles. The van der Waals surface area contributed by atoms with Crippen molar-refractivity contribution >= 4 is 24.6 Å². The molecule has 22 heavy (non-hydrogen) atoms. The maximum atomic E-state index is 11.7. The molecule has 3 saturated heterocycles. The summed E-state index contributed by atoms with van der Waals surface area (Å²) in [6, 6.07) is 7.28. The van der Waals surface area contributed by atoms with E-state index in [0.29, 0.717) is 32.0 Å². The molecular formula is C15H21GeNO5. The molecule has 3 aliphatic heterocycles. The molecule has 0 N–H and O–H groups in total. The first kappa shape index (κ1) is 15.9. The quantitative estimate of drug-likeness (QED) is 0.569. The number of ether oxygens (including phenoxy) is 1. The van der Waals surface area contributed by atoms with Crippen molar-refractivity contribution in [2.45, 2.75) is 6.92 Å². The number of hydrogen-bond donors (Lipinski definition) is 0. The van der Waals surface area contributed by atoms with Crippen molar-refractivity contribution in [1.29, 1.82) is 0 Å². The van der Waals surface area contributed by atoms with Crippen molar-refractivity contribution in [3.63, 3.8) is 0 Å². The van der Waals surface area contributed by atoms with Crippen molar-refractivity contribution in [2.75, 3.05) is 46.1 Å². The van der Waals surface area contributed by atoms with Gasteiger partial charge in [-0.25, -0.2) is 0 Å². The van der Waals surface area contributed by atoms with E-state index in [-0.39, 0.29) is 5.97 Å². The molecule has 0 saturated carbocycles. The molecule has 2 bridgehead atoms. The van der Waals surface area contributed by atoms with Crippen LogP contribution in [-0.2, 0) is 16.0 Å². The number of carbonyl (C=O) groups is 1. The SMILES string of the molecule is CCOC(=O)c1cc[c]([Ge]23[O]CCN(CC[O]2)CC[O]3)cc1. The Morgan fingerprint density at radius 2 is 1.64 bits per heavy atom. The zero-order chi connectivity index (χ0) is 15.4. The fraction of sp³-hybridized carbons (Fsp3) is 0.533. The summed E-state index contributed by atoms with van der Waals surface area (Å²) < 4.78 is 24.1. The Morgan fingerprint density at radius 3 is 2.14 bits per heavy atom. The van der Waals surface area contributed by atoms with E-state index >= 15 is 0 Å². The van der Waals surface area contributed by atoms with Gasteiger partial charge in [0, 0.05) is 0 Å². The maximum absolute atomic E-state index is 11.7. The molecule has 0 unspecified atom stereocenters. The summed E-state index contributed by atoms with van der Waals surface area (Å²) in [4.78, 5) is 14.0. The van der Waals surface area contributed by atoms with Crippen LogP contribution in [0.4, 0.5) is 0 Å². The molecule has 0 amide bonds. The van der Waals surface area contributed by atoms with E-state index in [1.807, 2.05) is 12.1 Å². The second-order valence-corrected chi connectivity index (χ2v) is 10.6. The van der Waals surface area contributed by atoms with Gasteiger partial charge < -0.3 is 0 Å². The van der Waals surface area contributed by atoms with Crippen LogP contribution in [0.3, 0.4) is 0 Å². The summed E-state index contributed by atoms with van der Waals surface area (Å²) in [7, 11) is 0. The van der Waals surface area contributed by atoms with Crippen LogP contribution in [0.25, 0.3) is 0 Å². The standard InChI is InChI=1S/C15H21GeNO5/c1-2-19-15(18)13-3-5-14(6-4-13)16-20-10-7-17(8-11-21-16)9-12-22-16/h3-6H,2,7-12H2,1H3. The second-order valence-electron chi connectivity index (χ2n) is 5.24. The first-order valence-corrected chi connectivity index (χ1v) is 11.3. The minimum atomic E-state index is -3.45. The molecule has 3 fully saturated rings. The summed E-state index contributed by atoms with van der Waals surface area (Å²) in [5.41, 5.74) is 0.535. The molecule has 4 rings (SSSR count). The van der Waals surface area contributed by atoms with Crippen LogP contribution < -0.4 is 4.40 Å². The van der Waals surface area contributed by atoms with Crippen LogP contribution in [0.5, 0.6) is 0 Å². The van der Waals surface area contributed by atoms with Crippen LogP contribution in [0, 0.1) is 0 Å². The number of rotatable bonds is 3. The Kier molecular flexibility index (Phi) is 5.15. The van der Waals surface area contributed by atoms with Crippen LogP contribution in [0.2, 0.25) is 0 Å². The predicted molar refractivity (Wildman–Crippen MR) is 82.1 cm³/mol. The molecule has 0 spiro atoms. The predicted octanol–water partition coefficient (Wildman–Crippen LogP) is 0.388. The molecule has 0 radical (unpaired) electrons. The van der Waals surface area contributed by atoms with Gasteiger partial charge in [0.2, 0.25) is 0 Å². The van der Waals surface area contributed by atoms with E-state index in [9.17, 15) is 4.79 Å². The fourth-order valence-electron chi connectivity index (χ4n) is 2.66. The van der Waals surface area contributed by atoms with Crippen molar-refractivity contribution in [3.05, 3.63) is 29.8 Å². The Bertz CT molecular complexity index is 495. The number of fused-ring (bicyclic) bond motifs is 6. The third-order valence-corrected chi connectivity index (χ3v) is 9.71. The van der Waals surface area contributed by atoms with Gasteiger partial charge in [0.1, 0.15) is 0 Å². The van der Waals surface area contributed by atoms with Gasteiger partial charge in [-0.3, -0.25) is 0 Å². The van der Waals surface area contributed by atoms with E-state index in [0.717, 1.165) is 24.0 Å². The minimum absolute atomic E-state index is 0.312. The molecular weight excluding hydrogens is 347 g/mol. The zero-order valence-electron chi connectivity index (χ0n) is 12.7. The number of nitrogens with zero attached hydrogens (tertiary/aromatic N) is 1. The van der Waals surface area contributed by atoms with E-state index in [4.69, 9.17) is 16.0 Å². The molecule has 0 atom stereocenters. The molecule has 3 aliphatic rings. The Hall–Kier alpha value is -0.927. The van der Waals surface area contributed by atoms with Gasteiger partial charge in [0.15, 0.2) is 0 Å². The average Bonchev–Trinajstić information content (AvgIpc) is 2.46. The number of esters is 1. The van der Waals surface area contributed by atoms with Crippen LogP contribution >= 0.6 is 0 Å². The monoisotopic (exact) mass is 369 g/mol. The molecule has 1 aromatic rings. The van der Waals surface area contributed by atoms with Gasteiger partial charge in [0.05, 0.1) is 0 Å². The average molecular weight is 368 g/mol. The molecule has 120 valence electrons. The van der Waals surface area contributed by atoms with Crippen molar-refractivity contribution < 1.29 is 20.8 Å².